The molecule has 0 radical (unpaired) electrons. The zero-order chi connectivity index (χ0) is 10.2. The Balaban J connectivity index is 0. The second-order valence-corrected chi connectivity index (χ2v) is 4.27. The van der Waals surface area contributed by atoms with Gasteiger partial charge >= 0.3 is 0 Å². The van der Waals surface area contributed by atoms with Crippen molar-refractivity contribution in [2.45, 2.75) is 52.5 Å². The van der Waals surface area contributed by atoms with Crippen LogP contribution in [0.4, 0.5) is 0 Å². The van der Waals surface area contributed by atoms with Gasteiger partial charge in [0.25, 0.3) is 0 Å². The molecule has 0 unspecified atom stereocenters. The average molecular weight is 193 g/mol. The summed E-state index contributed by atoms with van der Waals surface area (Å²) in [4.78, 5) is 0. The molecule has 2 nitrogen and oxygen atoms in total. The molecule has 0 aliphatic carbocycles. The Morgan fingerprint density at radius 1 is 1.33 bits per heavy atom. The van der Waals surface area contributed by atoms with Crippen molar-refractivity contribution >= 4 is 12.9 Å². The minimum Gasteiger partial charge on any atom is -0.333 e. The maximum Gasteiger partial charge on any atom is 0.00970 e. The van der Waals surface area contributed by atoms with Crippen LogP contribution in [0.15, 0.2) is 0 Å². The molecule has 0 saturated carbocycles. The van der Waals surface area contributed by atoms with Crippen LogP contribution in [-0.4, -0.2) is 10.1 Å². The molecular weight excluding hydrogens is 170 g/mol. The average Bonchev–Trinajstić information content (AvgIpc) is 1.88. The van der Waals surface area contributed by atoms with Crippen molar-refractivity contribution in [1.82, 2.24) is 0 Å². The molecule has 0 aromatic carbocycles. The first kappa shape index (κ1) is 14.8. The van der Waals surface area contributed by atoms with Gasteiger partial charge in [0.1, 0.15) is 0 Å². The van der Waals surface area contributed by atoms with E-state index in [-0.39, 0.29) is 5.54 Å². The van der Waals surface area contributed by atoms with Gasteiger partial charge in [0.15, 0.2) is 0 Å². The Kier molecular flexibility index (Phi) is 9.72. The van der Waals surface area contributed by atoms with Gasteiger partial charge in [-0.25, -0.2) is 0 Å². The lowest BCUT2D eigenvalue weighted by molar-refractivity contribution is 0.424. The molecular formula is C9H23NOS. The van der Waals surface area contributed by atoms with E-state index in [0.717, 1.165) is 12.3 Å². The fourth-order valence-electron chi connectivity index (χ4n) is 0.966. The highest BCUT2D eigenvalue weighted by atomic mass is 32.1. The zero-order valence-electron chi connectivity index (χ0n) is 8.67. The topological polar surface area (TPSA) is 46.2 Å². The molecule has 76 valence electrons. The normalized spacial score (nSPS) is 11.0. The Bertz CT molecular complexity index is 89.0. The highest BCUT2D eigenvalue weighted by Crippen LogP contribution is 2.12. The smallest absolute Gasteiger partial charge is 0.00970 e. The molecule has 0 atom stereocenters. The molecule has 0 aliphatic rings. The summed E-state index contributed by atoms with van der Waals surface area (Å²) in [7, 11) is 0. The number of hydrogen-bond acceptors (Lipinski definition) is 3. The van der Waals surface area contributed by atoms with Crippen LogP contribution in [0.2, 0.25) is 0 Å². The van der Waals surface area contributed by atoms with Gasteiger partial charge in [-0.05, 0) is 39.1 Å². The molecule has 0 saturated heterocycles. The second-order valence-electron chi connectivity index (χ2n) is 4.27. The molecule has 12 heavy (non-hydrogen) atoms. The molecule has 0 heterocycles. The fraction of sp³-hybridized carbons (Fsp3) is 1.00. The minimum absolute atomic E-state index is 0.0366. The van der Waals surface area contributed by atoms with Crippen molar-refractivity contribution < 1.29 is 4.55 Å². The summed E-state index contributed by atoms with van der Waals surface area (Å²) < 4.78 is 6.69. The Morgan fingerprint density at radius 3 is 2.00 bits per heavy atom. The third kappa shape index (κ3) is 16.7. The molecule has 0 aliphatic heterocycles. The lowest BCUT2D eigenvalue weighted by Gasteiger charge is -2.18. The Morgan fingerprint density at radius 2 is 1.75 bits per heavy atom. The standard InChI is InChI=1S/C9H21N.H2OS/c1-8(2)6-5-7-9(3,4)10;1-2/h8H,5-7,10H2,1-4H3;1-2H. The van der Waals surface area contributed by atoms with E-state index in [1.807, 2.05) is 0 Å². The molecule has 0 aromatic rings. The van der Waals surface area contributed by atoms with Gasteiger partial charge in [0, 0.05) is 5.54 Å². The number of thiol groups is 1. The van der Waals surface area contributed by atoms with Crippen LogP contribution in [-0.2, 0) is 0 Å². The lowest BCUT2D eigenvalue weighted by atomic mass is 9.96. The molecule has 0 rings (SSSR count). The van der Waals surface area contributed by atoms with Gasteiger partial charge in [-0.1, -0.05) is 26.7 Å². The van der Waals surface area contributed by atoms with Gasteiger partial charge in [-0.15, -0.1) is 0 Å². The van der Waals surface area contributed by atoms with Gasteiger partial charge in [-0.2, -0.15) is 0 Å². The van der Waals surface area contributed by atoms with Crippen LogP contribution in [0, 0.1) is 5.92 Å². The molecule has 3 heteroatoms. The highest BCUT2D eigenvalue weighted by molar-refractivity contribution is 7.74. The summed E-state index contributed by atoms with van der Waals surface area (Å²) >= 11 is 2.53. The molecule has 3 N–H and O–H groups in total. The first-order valence-electron chi connectivity index (χ1n) is 4.41. The fourth-order valence-corrected chi connectivity index (χ4v) is 0.966. The third-order valence-corrected chi connectivity index (χ3v) is 1.60. The predicted octanol–water partition coefficient (Wildman–Crippen LogP) is 2.94. The maximum absolute atomic E-state index is 6.69. The van der Waals surface area contributed by atoms with Crippen molar-refractivity contribution in [2.24, 2.45) is 11.7 Å². The third-order valence-electron chi connectivity index (χ3n) is 1.60. The quantitative estimate of drug-likeness (QED) is 0.475. The van der Waals surface area contributed by atoms with Crippen LogP contribution >= 0.6 is 12.9 Å². The van der Waals surface area contributed by atoms with Crippen LogP contribution < -0.4 is 5.73 Å². The van der Waals surface area contributed by atoms with Crippen LogP contribution in [0.3, 0.4) is 0 Å². The Labute approximate surface area is 82.2 Å². The first-order chi connectivity index (χ1) is 5.42. The summed E-state index contributed by atoms with van der Waals surface area (Å²) in [5.74, 6) is 0.822. The molecule has 0 aromatic heterocycles. The van der Waals surface area contributed by atoms with Crippen molar-refractivity contribution in [3.05, 3.63) is 0 Å². The van der Waals surface area contributed by atoms with Gasteiger partial charge < -0.3 is 10.3 Å². The summed E-state index contributed by atoms with van der Waals surface area (Å²) in [6, 6.07) is 0. The van der Waals surface area contributed by atoms with Crippen molar-refractivity contribution in [2.75, 3.05) is 0 Å². The van der Waals surface area contributed by atoms with Crippen molar-refractivity contribution in [1.29, 1.82) is 0 Å². The van der Waals surface area contributed by atoms with E-state index >= 15 is 0 Å². The van der Waals surface area contributed by atoms with Crippen LogP contribution in [0.25, 0.3) is 0 Å². The number of rotatable bonds is 4. The molecule has 0 fully saturated rings. The first-order valence-corrected chi connectivity index (χ1v) is 4.81. The van der Waals surface area contributed by atoms with Gasteiger partial charge in [-0.3, -0.25) is 0 Å². The molecule has 0 bridgehead atoms. The van der Waals surface area contributed by atoms with E-state index in [0.29, 0.717) is 0 Å². The lowest BCUT2D eigenvalue weighted by Crippen LogP contribution is -2.31. The summed E-state index contributed by atoms with van der Waals surface area (Å²) in [6.45, 7) is 8.69. The van der Waals surface area contributed by atoms with E-state index in [4.69, 9.17) is 10.3 Å². The molecule has 0 spiro atoms. The van der Waals surface area contributed by atoms with Crippen LogP contribution in [0.5, 0.6) is 0 Å². The van der Waals surface area contributed by atoms with E-state index in [1.165, 1.54) is 12.8 Å². The highest BCUT2D eigenvalue weighted by Gasteiger charge is 2.09. The van der Waals surface area contributed by atoms with E-state index in [2.05, 4.69) is 40.6 Å². The van der Waals surface area contributed by atoms with Gasteiger partial charge in [0.05, 0.1) is 0 Å². The van der Waals surface area contributed by atoms with Crippen LogP contribution in [0.1, 0.15) is 47.0 Å². The van der Waals surface area contributed by atoms with E-state index < -0.39 is 0 Å². The van der Waals surface area contributed by atoms with Crippen molar-refractivity contribution in [3.8, 4) is 0 Å². The monoisotopic (exact) mass is 193 g/mol. The summed E-state index contributed by atoms with van der Waals surface area (Å²) in [5.41, 5.74) is 5.86. The van der Waals surface area contributed by atoms with E-state index in [1.54, 1.807) is 0 Å². The molecule has 0 amide bonds. The largest absolute Gasteiger partial charge is 0.333 e. The zero-order valence-corrected chi connectivity index (χ0v) is 9.56. The SMILES string of the molecule is CC(C)CCCC(C)(C)N.OS. The second kappa shape index (κ2) is 7.90. The Hall–Kier alpha value is 0.270. The minimum atomic E-state index is 0.0366. The predicted molar refractivity (Wildman–Crippen MR) is 58.6 cm³/mol. The van der Waals surface area contributed by atoms with E-state index in [9.17, 15) is 0 Å². The number of hydrogen-bond donors (Lipinski definition) is 3. The summed E-state index contributed by atoms with van der Waals surface area (Å²) in [6.07, 6.45) is 3.72. The summed E-state index contributed by atoms with van der Waals surface area (Å²) in [5, 5.41) is 0. The number of nitrogens with two attached hydrogens (primary N) is 1. The van der Waals surface area contributed by atoms with Crippen molar-refractivity contribution in [3.63, 3.8) is 0 Å². The van der Waals surface area contributed by atoms with Gasteiger partial charge in [0.2, 0.25) is 0 Å². The maximum atomic E-state index is 6.69.